The second-order valence-corrected chi connectivity index (χ2v) is 8.00. The van der Waals surface area contributed by atoms with Crippen molar-refractivity contribution in [3.8, 4) is 5.75 Å². The van der Waals surface area contributed by atoms with Crippen molar-refractivity contribution < 1.29 is 29.2 Å². The number of piperidine rings is 1. The van der Waals surface area contributed by atoms with Gasteiger partial charge >= 0.3 is 19.1 Å². The summed E-state index contributed by atoms with van der Waals surface area (Å²) in [5.41, 5.74) is -0.427. The van der Waals surface area contributed by atoms with Crippen LogP contribution in [0.1, 0.15) is 28.8 Å². The molecule has 11 heteroatoms. The quantitative estimate of drug-likeness (QED) is 0.317. The molecule has 2 saturated heterocycles. The summed E-state index contributed by atoms with van der Waals surface area (Å²) in [5.74, 6) is -2.35. The fourth-order valence-electron chi connectivity index (χ4n) is 4.15. The van der Waals surface area contributed by atoms with Gasteiger partial charge in [-0.2, -0.15) is 0 Å². The third-order valence-electron chi connectivity index (χ3n) is 5.61. The summed E-state index contributed by atoms with van der Waals surface area (Å²) < 4.78 is 5.54. The summed E-state index contributed by atoms with van der Waals surface area (Å²) in [5, 5.41) is 26.1. The van der Waals surface area contributed by atoms with Gasteiger partial charge in [0.15, 0.2) is 0 Å². The number of rotatable bonds is 3. The smallest absolute Gasteiger partial charge is 0.534 e. The number of benzene rings is 1. The van der Waals surface area contributed by atoms with E-state index in [0.29, 0.717) is 36.4 Å². The first-order chi connectivity index (χ1) is 13.4. The number of carboxylic acid groups (broad SMARTS) is 1. The van der Waals surface area contributed by atoms with Crippen LogP contribution in [0.2, 0.25) is 0 Å². The van der Waals surface area contributed by atoms with Crippen LogP contribution < -0.4 is 15.3 Å². The van der Waals surface area contributed by atoms with Crippen LogP contribution in [-0.4, -0.2) is 70.9 Å². The van der Waals surface area contributed by atoms with Gasteiger partial charge in [-0.05, 0) is 50.2 Å². The number of thioether (sulfide) groups is 1. The average Bonchev–Trinajstić information content (AvgIpc) is 2.90. The lowest BCUT2D eigenvalue weighted by Crippen LogP contribution is -2.58. The Kier molecular flexibility index (Phi) is 4.76. The van der Waals surface area contributed by atoms with E-state index in [9.17, 15) is 24.5 Å². The normalized spacial score (nSPS) is 23.4. The molecule has 4 N–H and O–H groups in total. The maximum atomic E-state index is 13.1. The van der Waals surface area contributed by atoms with Crippen molar-refractivity contribution >= 4 is 36.8 Å². The van der Waals surface area contributed by atoms with Crippen LogP contribution in [0.3, 0.4) is 0 Å². The molecule has 0 aromatic heterocycles. The van der Waals surface area contributed by atoms with Gasteiger partial charge in [0.1, 0.15) is 16.9 Å². The molecule has 4 rings (SSSR count). The van der Waals surface area contributed by atoms with Crippen molar-refractivity contribution in [3.05, 3.63) is 23.3 Å². The number of nitrogens with one attached hydrogen (secondary N) is 2. The summed E-state index contributed by atoms with van der Waals surface area (Å²) >= 11 is 1.26. The summed E-state index contributed by atoms with van der Waals surface area (Å²) in [7, 11) is -1.51. The second-order valence-electron chi connectivity index (χ2n) is 7.15. The second kappa shape index (κ2) is 6.98. The van der Waals surface area contributed by atoms with E-state index in [0.717, 1.165) is 4.90 Å². The van der Waals surface area contributed by atoms with Crippen molar-refractivity contribution in [2.45, 2.75) is 35.6 Å². The monoisotopic (exact) mass is 405 g/mol. The fourth-order valence-corrected chi connectivity index (χ4v) is 4.74. The molecule has 3 heterocycles. The zero-order valence-corrected chi connectivity index (χ0v) is 16.0. The molecule has 28 heavy (non-hydrogen) atoms. The third-order valence-corrected chi connectivity index (χ3v) is 6.39. The van der Waals surface area contributed by atoms with Crippen LogP contribution in [-0.2, 0) is 11.2 Å². The number of aromatic carboxylic acids is 1. The lowest BCUT2D eigenvalue weighted by molar-refractivity contribution is -0.133. The minimum Gasteiger partial charge on any atom is -0.534 e. The van der Waals surface area contributed by atoms with E-state index in [2.05, 4.69) is 10.6 Å². The molecule has 0 unspecified atom stereocenters. The Balaban J connectivity index is 1.67. The molecular formula is C17H20BN3O6S. The summed E-state index contributed by atoms with van der Waals surface area (Å²) in [6, 6.07) is 2.83. The zero-order chi connectivity index (χ0) is 20.1. The highest BCUT2D eigenvalue weighted by Gasteiger charge is 2.56. The van der Waals surface area contributed by atoms with E-state index in [1.165, 1.54) is 11.8 Å². The molecule has 0 bridgehead atoms. The third kappa shape index (κ3) is 2.85. The van der Waals surface area contributed by atoms with Crippen molar-refractivity contribution in [1.82, 2.24) is 15.5 Å². The predicted octanol–water partition coefficient (Wildman–Crippen LogP) is 0.104. The Bertz CT molecular complexity index is 860. The van der Waals surface area contributed by atoms with Gasteiger partial charge in [-0.1, -0.05) is 6.07 Å². The molecule has 0 saturated carbocycles. The van der Waals surface area contributed by atoms with Crippen LogP contribution in [0.5, 0.6) is 5.75 Å². The number of carboxylic acids is 1. The van der Waals surface area contributed by atoms with E-state index < -0.39 is 30.6 Å². The number of carbonyl (C=O) groups is 3. The molecule has 1 atom stereocenters. The molecule has 3 aliphatic rings. The minimum absolute atomic E-state index is 0.0190. The van der Waals surface area contributed by atoms with Crippen LogP contribution >= 0.6 is 11.8 Å². The number of amides is 3. The molecule has 1 aromatic carbocycles. The number of fused-ring (bicyclic) bond motifs is 1. The number of imide groups is 1. The molecule has 2 fully saturated rings. The van der Waals surface area contributed by atoms with Crippen LogP contribution in [0.15, 0.2) is 17.0 Å². The van der Waals surface area contributed by atoms with Crippen molar-refractivity contribution in [2.75, 3.05) is 19.3 Å². The summed E-state index contributed by atoms with van der Waals surface area (Å²) in [6.45, 7) is 1.23. The van der Waals surface area contributed by atoms with E-state index in [4.69, 9.17) is 4.65 Å². The first kappa shape index (κ1) is 19.1. The lowest BCUT2D eigenvalue weighted by atomic mass is 9.71. The van der Waals surface area contributed by atoms with Crippen molar-refractivity contribution in [2.24, 2.45) is 0 Å². The number of carbonyl (C=O) groups excluding carboxylic acids is 2. The molecule has 1 spiro atoms. The Morgan fingerprint density at radius 2 is 2.07 bits per heavy atom. The van der Waals surface area contributed by atoms with Gasteiger partial charge in [-0.3, -0.25) is 9.69 Å². The first-order valence-electron chi connectivity index (χ1n) is 9.02. The number of nitrogens with zero attached hydrogens (tertiary/aromatic N) is 1. The van der Waals surface area contributed by atoms with Gasteiger partial charge in [0, 0.05) is 4.90 Å². The van der Waals surface area contributed by atoms with Crippen molar-refractivity contribution in [3.63, 3.8) is 0 Å². The zero-order valence-electron chi connectivity index (χ0n) is 15.2. The van der Waals surface area contributed by atoms with E-state index >= 15 is 0 Å². The Morgan fingerprint density at radius 3 is 2.71 bits per heavy atom. The number of hydrogen-bond acceptors (Lipinski definition) is 7. The lowest BCUT2D eigenvalue weighted by Gasteiger charge is -2.35. The average molecular weight is 405 g/mol. The fraction of sp³-hybridized carbons (Fsp3) is 0.471. The van der Waals surface area contributed by atoms with Crippen LogP contribution in [0.25, 0.3) is 0 Å². The standard InChI is InChI=1S/C17H20BN3O6S/c1-28-10-3-2-9-8-11(18(26)27-13(9)12(10)14(22)23)21-15(24)17(20-16(21)25)4-6-19-7-5-17/h2-3,11,19,26H,4-8H2,1H3,(H,20,25)(H,22,23)/t11-/m0/s1. The molecule has 3 aliphatic heterocycles. The van der Waals surface area contributed by atoms with Gasteiger partial charge in [-0.15, -0.1) is 11.8 Å². The highest BCUT2D eigenvalue weighted by Crippen LogP contribution is 2.38. The first-order valence-corrected chi connectivity index (χ1v) is 10.2. The van der Waals surface area contributed by atoms with Crippen molar-refractivity contribution in [1.29, 1.82) is 0 Å². The molecule has 3 amide bonds. The van der Waals surface area contributed by atoms with Gasteiger partial charge < -0.3 is 25.4 Å². The topological polar surface area (TPSA) is 128 Å². The predicted molar refractivity (Wildman–Crippen MR) is 101 cm³/mol. The highest BCUT2D eigenvalue weighted by atomic mass is 32.2. The van der Waals surface area contributed by atoms with E-state index in [1.54, 1.807) is 18.4 Å². The molecule has 148 valence electrons. The summed E-state index contributed by atoms with van der Waals surface area (Å²) in [6.07, 6.45) is 2.84. The molecule has 0 radical (unpaired) electrons. The molecule has 9 nitrogen and oxygen atoms in total. The Hall–Kier alpha value is -2.24. The molecule has 0 aliphatic carbocycles. The van der Waals surface area contributed by atoms with Gasteiger partial charge in [0.2, 0.25) is 0 Å². The van der Waals surface area contributed by atoms with Gasteiger partial charge in [-0.25, -0.2) is 9.59 Å². The Morgan fingerprint density at radius 1 is 1.36 bits per heavy atom. The minimum atomic E-state index is -1.51. The maximum Gasteiger partial charge on any atom is 0.547 e. The molecule has 1 aromatic rings. The summed E-state index contributed by atoms with van der Waals surface area (Å²) in [4.78, 5) is 38.9. The van der Waals surface area contributed by atoms with E-state index in [-0.39, 0.29) is 23.6 Å². The maximum absolute atomic E-state index is 13.1. The largest absolute Gasteiger partial charge is 0.547 e. The Labute approximate surface area is 165 Å². The van der Waals surface area contributed by atoms with E-state index in [1.807, 2.05) is 0 Å². The van der Waals surface area contributed by atoms with Crippen LogP contribution in [0.4, 0.5) is 4.79 Å². The van der Waals surface area contributed by atoms with Gasteiger partial charge in [0.05, 0.1) is 5.94 Å². The van der Waals surface area contributed by atoms with Crippen LogP contribution in [0, 0.1) is 0 Å². The highest BCUT2D eigenvalue weighted by molar-refractivity contribution is 7.98. The number of urea groups is 1. The van der Waals surface area contributed by atoms with Gasteiger partial charge in [0.25, 0.3) is 5.91 Å². The SMILES string of the molecule is CSc1ccc2c(c1C(=O)O)OB(O)[C@@H](N1C(=O)NC3(CCNCC3)C1=O)C2. The number of hydrogen-bond donors (Lipinski definition) is 4. The molecular weight excluding hydrogens is 385 g/mol.